The minimum Gasteiger partial charge on any atom is -0.383 e. The Balaban J connectivity index is 1.53. The molecule has 1 aromatic carbocycles. The average molecular weight is 351 g/mol. The van der Waals surface area contributed by atoms with Crippen molar-refractivity contribution in [3.8, 4) is 0 Å². The number of hydrogen-bond acceptors (Lipinski definition) is 3. The summed E-state index contributed by atoms with van der Waals surface area (Å²) < 4.78 is 5.15. The first-order valence-corrected chi connectivity index (χ1v) is 9.22. The Kier molecular flexibility index (Phi) is 5.80. The number of ether oxygens (including phenoxy) is 1. The van der Waals surface area contributed by atoms with E-state index in [0.29, 0.717) is 24.3 Å². The summed E-state index contributed by atoms with van der Waals surface area (Å²) in [6.07, 6.45) is 4.10. The highest BCUT2D eigenvalue weighted by Gasteiger charge is 2.40. The lowest BCUT2D eigenvalue weighted by Crippen LogP contribution is -2.52. The van der Waals surface area contributed by atoms with Crippen LogP contribution in [0.2, 0.25) is 5.02 Å². The van der Waals surface area contributed by atoms with Crippen LogP contribution < -0.4 is 0 Å². The van der Waals surface area contributed by atoms with Gasteiger partial charge in [0.05, 0.1) is 6.61 Å². The molecule has 2 fully saturated rings. The highest BCUT2D eigenvalue weighted by Crippen LogP contribution is 2.40. The van der Waals surface area contributed by atoms with E-state index in [1.165, 1.54) is 18.4 Å². The third kappa shape index (κ3) is 4.29. The van der Waals surface area contributed by atoms with Crippen LogP contribution in [0.5, 0.6) is 0 Å². The molecule has 0 aromatic heterocycles. The lowest BCUT2D eigenvalue weighted by atomic mass is 9.72. The van der Waals surface area contributed by atoms with Crippen molar-refractivity contribution in [2.45, 2.75) is 32.2 Å². The zero-order chi connectivity index (χ0) is 17.0. The zero-order valence-corrected chi connectivity index (χ0v) is 15.2. The van der Waals surface area contributed by atoms with E-state index >= 15 is 0 Å². The average Bonchev–Trinajstić information content (AvgIpc) is 2.60. The fraction of sp³-hybridized carbons (Fsp3) is 0.632. The van der Waals surface area contributed by atoms with Gasteiger partial charge in [0.1, 0.15) is 0 Å². The molecule has 1 amide bonds. The molecule has 2 aliphatic rings. The number of methoxy groups -OCH3 is 1. The number of carbonyl (C=O) groups is 1. The van der Waals surface area contributed by atoms with Crippen LogP contribution in [0.15, 0.2) is 24.3 Å². The van der Waals surface area contributed by atoms with Crippen LogP contribution in [-0.2, 0) is 16.1 Å². The Morgan fingerprint density at radius 2 is 1.88 bits per heavy atom. The zero-order valence-electron chi connectivity index (χ0n) is 14.5. The lowest BCUT2D eigenvalue weighted by Gasteiger charge is -2.47. The summed E-state index contributed by atoms with van der Waals surface area (Å²) in [4.78, 5) is 16.6. The van der Waals surface area contributed by atoms with Crippen molar-refractivity contribution in [1.82, 2.24) is 9.80 Å². The molecule has 3 rings (SSSR count). The predicted molar refractivity (Wildman–Crippen MR) is 96.1 cm³/mol. The normalized spacial score (nSPS) is 21.4. The van der Waals surface area contributed by atoms with Crippen molar-refractivity contribution in [2.75, 3.05) is 39.9 Å². The number of benzene rings is 1. The Bertz CT molecular complexity index is 553. The molecule has 0 N–H and O–H groups in total. The van der Waals surface area contributed by atoms with Crippen molar-refractivity contribution >= 4 is 17.5 Å². The maximum absolute atomic E-state index is 12.1. The van der Waals surface area contributed by atoms with Crippen molar-refractivity contribution in [3.63, 3.8) is 0 Å². The molecule has 2 saturated heterocycles. The van der Waals surface area contributed by atoms with E-state index in [0.717, 1.165) is 44.2 Å². The maximum atomic E-state index is 12.1. The van der Waals surface area contributed by atoms with E-state index in [2.05, 4.69) is 17.0 Å². The molecule has 1 aromatic rings. The van der Waals surface area contributed by atoms with Gasteiger partial charge in [-0.2, -0.15) is 0 Å². The minimum atomic E-state index is 0.293. The van der Waals surface area contributed by atoms with E-state index in [9.17, 15) is 4.79 Å². The van der Waals surface area contributed by atoms with Gasteiger partial charge < -0.3 is 9.64 Å². The summed E-state index contributed by atoms with van der Waals surface area (Å²) >= 11 is 5.96. The number of amides is 1. The summed E-state index contributed by atoms with van der Waals surface area (Å²) in [6, 6.07) is 8.14. The second kappa shape index (κ2) is 7.85. The van der Waals surface area contributed by atoms with E-state index in [-0.39, 0.29) is 0 Å². The van der Waals surface area contributed by atoms with Gasteiger partial charge in [-0.1, -0.05) is 23.7 Å². The number of likely N-dealkylation sites (tertiary alicyclic amines) is 2. The summed E-state index contributed by atoms with van der Waals surface area (Å²) in [5.74, 6) is 0.293. The summed E-state index contributed by atoms with van der Waals surface area (Å²) in [6.45, 7) is 5.46. The molecule has 2 heterocycles. The van der Waals surface area contributed by atoms with Crippen LogP contribution in [0.1, 0.15) is 31.2 Å². The monoisotopic (exact) mass is 350 g/mol. The highest BCUT2D eigenvalue weighted by molar-refractivity contribution is 6.30. The fourth-order valence-corrected chi connectivity index (χ4v) is 4.08. The molecule has 0 aliphatic carbocycles. The van der Waals surface area contributed by atoms with E-state index in [1.54, 1.807) is 7.11 Å². The van der Waals surface area contributed by atoms with Crippen LogP contribution in [-0.4, -0.2) is 55.6 Å². The number of nitrogens with zero attached hydrogens (tertiary/aromatic N) is 2. The van der Waals surface area contributed by atoms with Crippen molar-refractivity contribution in [1.29, 1.82) is 0 Å². The first kappa shape index (κ1) is 17.7. The van der Waals surface area contributed by atoms with Crippen LogP contribution >= 0.6 is 11.6 Å². The quantitative estimate of drug-likeness (QED) is 0.817. The molecule has 0 bridgehead atoms. The fourth-order valence-electron chi connectivity index (χ4n) is 3.95. The highest BCUT2D eigenvalue weighted by atomic mass is 35.5. The van der Waals surface area contributed by atoms with Gasteiger partial charge >= 0.3 is 0 Å². The molecular weight excluding hydrogens is 324 g/mol. The Morgan fingerprint density at radius 1 is 1.17 bits per heavy atom. The minimum absolute atomic E-state index is 0.293. The van der Waals surface area contributed by atoms with Gasteiger partial charge in [-0.05, 0) is 55.5 Å². The van der Waals surface area contributed by atoms with E-state index in [1.807, 2.05) is 17.0 Å². The van der Waals surface area contributed by atoms with Gasteiger partial charge in [0.25, 0.3) is 0 Å². The van der Waals surface area contributed by atoms with Crippen molar-refractivity contribution in [2.24, 2.45) is 5.41 Å². The van der Waals surface area contributed by atoms with Gasteiger partial charge in [0.2, 0.25) is 5.91 Å². The number of piperidine rings is 2. The van der Waals surface area contributed by atoms with Gasteiger partial charge in [-0.25, -0.2) is 0 Å². The standard InChI is InChI=1S/C19H27ClN2O2/c1-24-13-12-22-15-19(7-6-18(22)23)8-10-21(11-9-19)14-16-2-4-17(20)5-3-16/h2-5H,6-15H2,1H3. The Hall–Kier alpha value is -1.10. The van der Waals surface area contributed by atoms with Crippen molar-refractivity contribution < 1.29 is 9.53 Å². The second-order valence-corrected chi connectivity index (χ2v) is 7.65. The largest absolute Gasteiger partial charge is 0.383 e. The molecule has 24 heavy (non-hydrogen) atoms. The molecule has 5 heteroatoms. The molecule has 0 saturated carbocycles. The molecular formula is C19H27ClN2O2. The SMILES string of the molecule is COCCN1CC2(CCC1=O)CCN(Cc1ccc(Cl)cc1)CC2. The molecule has 2 aliphatic heterocycles. The number of hydrogen-bond donors (Lipinski definition) is 0. The molecule has 0 unspecified atom stereocenters. The van der Waals surface area contributed by atoms with Gasteiger partial charge in [0.15, 0.2) is 0 Å². The van der Waals surface area contributed by atoms with E-state index < -0.39 is 0 Å². The van der Waals surface area contributed by atoms with E-state index in [4.69, 9.17) is 16.3 Å². The van der Waals surface area contributed by atoms with Crippen LogP contribution in [0.25, 0.3) is 0 Å². The Labute approximate surface area is 149 Å². The molecule has 132 valence electrons. The summed E-state index contributed by atoms with van der Waals surface area (Å²) in [7, 11) is 1.69. The first-order chi connectivity index (χ1) is 11.6. The number of carbonyl (C=O) groups excluding carboxylic acids is 1. The Morgan fingerprint density at radius 3 is 2.54 bits per heavy atom. The van der Waals surface area contributed by atoms with Crippen LogP contribution in [0.3, 0.4) is 0 Å². The topological polar surface area (TPSA) is 32.8 Å². The molecule has 1 spiro atoms. The number of rotatable bonds is 5. The molecule has 4 nitrogen and oxygen atoms in total. The van der Waals surface area contributed by atoms with Crippen LogP contribution in [0.4, 0.5) is 0 Å². The van der Waals surface area contributed by atoms with Gasteiger partial charge in [-0.15, -0.1) is 0 Å². The third-order valence-corrected chi connectivity index (χ3v) is 5.80. The summed E-state index contributed by atoms with van der Waals surface area (Å²) in [5, 5.41) is 0.791. The van der Waals surface area contributed by atoms with Gasteiger partial charge in [-0.3, -0.25) is 9.69 Å². The summed E-state index contributed by atoms with van der Waals surface area (Å²) in [5.41, 5.74) is 1.63. The smallest absolute Gasteiger partial charge is 0.222 e. The first-order valence-electron chi connectivity index (χ1n) is 8.84. The lowest BCUT2D eigenvalue weighted by molar-refractivity contribution is -0.139. The van der Waals surface area contributed by atoms with Crippen LogP contribution in [0, 0.1) is 5.41 Å². The predicted octanol–water partition coefficient (Wildman–Crippen LogP) is 3.19. The third-order valence-electron chi connectivity index (χ3n) is 5.55. The van der Waals surface area contributed by atoms with Crippen molar-refractivity contribution in [3.05, 3.63) is 34.9 Å². The number of halogens is 1. The molecule has 0 radical (unpaired) electrons. The molecule has 0 atom stereocenters. The maximum Gasteiger partial charge on any atom is 0.222 e. The van der Waals surface area contributed by atoms with Gasteiger partial charge in [0, 0.05) is 38.2 Å². The second-order valence-electron chi connectivity index (χ2n) is 7.21.